The molecule has 9 nitrogen and oxygen atoms in total. The van der Waals surface area contributed by atoms with Crippen LogP contribution in [0.3, 0.4) is 0 Å². The minimum Gasteiger partial charge on any atom is -0.508 e. The largest absolute Gasteiger partial charge is 0.508 e. The molecule has 3 N–H and O–H groups in total. The van der Waals surface area contributed by atoms with E-state index in [1.165, 1.54) is 17.0 Å². The number of hydrogen-bond donors (Lipinski definition) is 3. The third-order valence-corrected chi connectivity index (χ3v) is 6.00. The highest BCUT2D eigenvalue weighted by molar-refractivity contribution is 5.99. The van der Waals surface area contributed by atoms with Crippen molar-refractivity contribution >= 4 is 23.6 Å². The Labute approximate surface area is 225 Å². The minimum atomic E-state index is -1.09. The van der Waals surface area contributed by atoms with E-state index in [1.54, 1.807) is 64.3 Å². The van der Waals surface area contributed by atoms with Gasteiger partial charge in [0.25, 0.3) is 5.91 Å². The first-order valence-electron chi connectivity index (χ1n) is 12.8. The summed E-state index contributed by atoms with van der Waals surface area (Å²) >= 11 is 0. The maximum atomic E-state index is 14.1. The zero-order valence-corrected chi connectivity index (χ0v) is 23.6. The molecule has 3 unspecified atom stereocenters. The SMILES string of the molecule is CCC(C)N(C(=O)C(NC(=O)OC(C)(C)C)C(C)C)C(C(=O)Nc1ccc(OC)cc1)c1cccc(O)c1. The van der Waals surface area contributed by atoms with Crippen molar-refractivity contribution in [3.63, 3.8) is 0 Å². The number of rotatable bonds is 10. The average Bonchev–Trinajstić information content (AvgIpc) is 2.84. The van der Waals surface area contributed by atoms with Crippen LogP contribution in [0.1, 0.15) is 66.5 Å². The number of aromatic hydroxyl groups is 1. The van der Waals surface area contributed by atoms with Crippen LogP contribution in [0, 0.1) is 5.92 Å². The Morgan fingerprint density at radius 3 is 2.16 bits per heavy atom. The third kappa shape index (κ3) is 8.39. The number of hydrogen-bond acceptors (Lipinski definition) is 6. The number of benzene rings is 2. The van der Waals surface area contributed by atoms with Gasteiger partial charge in [0, 0.05) is 11.7 Å². The molecule has 0 aliphatic rings. The molecule has 3 amide bonds. The van der Waals surface area contributed by atoms with Gasteiger partial charge in [0.1, 0.15) is 29.2 Å². The van der Waals surface area contributed by atoms with Gasteiger partial charge < -0.3 is 30.1 Å². The van der Waals surface area contributed by atoms with Crippen LogP contribution in [0.2, 0.25) is 0 Å². The lowest BCUT2D eigenvalue weighted by Gasteiger charge is -2.39. The lowest BCUT2D eigenvalue weighted by atomic mass is 9.96. The summed E-state index contributed by atoms with van der Waals surface area (Å²) in [4.78, 5) is 42.0. The Kier molecular flexibility index (Phi) is 10.6. The highest BCUT2D eigenvalue weighted by Gasteiger charge is 2.39. The van der Waals surface area contributed by atoms with Crippen LogP contribution in [-0.2, 0) is 14.3 Å². The number of phenolic OH excluding ortho intramolecular Hbond substituents is 1. The van der Waals surface area contributed by atoms with Crippen molar-refractivity contribution < 1.29 is 29.0 Å². The lowest BCUT2D eigenvalue weighted by Crippen LogP contribution is -2.56. The molecule has 0 saturated heterocycles. The van der Waals surface area contributed by atoms with E-state index in [1.807, 2.05) is 27.7 Å². The van der Waals surface area contributed by atoms with E-state index in [9.17, 15) is 19.5 Å². The van der Waals surface area contributed by atoms with Crippen molar-refractivity contribution in [2.24, 2.45) is 5.92 Å². The van der Waals surface area contributed by atoms with Crippen molar-refractivity contribution in [1.29, 1.82) is 0 Å². The first kappa shape index (κ1) is 30.5. The molecule has 0 spiro atoms. The molecule has 0 aromatic heterocycles. The first-order chi connectivity index (χ1) is 17.8. The number of carbonyl (C=O) groups excluding carboxylic acids is 3. The lowest BCUT2D eigenvalue weighted by molar-refractivity contribution is -0.144. The molecular formula is C29H41N3O6. The first-order valence-corrected chi connectivity index (χ1v) is 12.8. The fraction of sp³-hybridized carbons (Fsp3) is 0.483. The van der Waals surface area contributed by atoms with E-state index >= 15 is 0 Å². The van der Waals surface area contributed by atoms with Crippen LogP contribution in [0.5, 0.6) is 11.5 Å². The van der Waals surface area contributed by atoms with Crippen molar-refractivity contribution in [2.75, 3.05) is 12.4 Å². The summed E-state index contributed by atoms with van der Waals surface area (Å²) in [6, 6.07) is 10.7. The molecule has 0 heterocycles. The second-order valence-electron chi connectivity index (χ2n) is 10.6. The van der Waals surface area contributed by atoms with Gasteiger partial charge in [0.15, 0.2) is 0 Å². The van der Waals surface area contributed by atoms with Gasteiger partial charge in [-0.25, -0.2) is 4.79 Å². The number of phenols is 1. The summed E-state index contributed by atoms with van der Waals surface area (Å²) in [5, 5.41) is 15.8. The molecule has 0 aliphatic heterocycles. The van der Waals surface area contributed by atoms with Crippen molar-refractivity contribution in [3.05, 3.63) is 54.1 Å². The summed E-state index contributed by atoms with van der Waals surface area (Å²) in [7, 11) is 1.55. The van der Waals surface area contributed by atoms with Gasteiger partial charge in [-0.3, -0.25) is 9.59 Å². The second kappa shape index (κ2) is 13.2. The van der Waals surface area contributed by atoms with Crippen LogP contribution in [0.25, 0.3) is 0 Å². The number of carbonyl (C=O) groups is 3. The molecular weight excluding hydrogens is 486 g/mol. The number of nitrogens with one attached hydrogen (secondary N) is 2. The van der Waals surface area contributed by atoms with E-state index < -0.39 is 35.6 Å². The molecule has 38 heavy (non-hydrogen) atoms. The fourth-order valence-electron chi connectivity index (χ4n) is 3.92. The Morgan fingerprint density at radius 1 is 1.03 bits per heavy atom. The summed E-state index contributed by atoms with van der Waals surface area (Å²) in [5.74, 6) is -0.589. The molecule has 208 valence electrons. The molecule has 9 heteroatoms. The summed E-state index contributed by atoms with van der Waals surface area (Å²) in [5.41, 5.74) is 0.210. The minimum absolute atomic E-state index is 0.0337. The maximum Gasteiger partial charge on any atom is 0.408 e. The van der Waals surface area contributed by atoms with E-state index in [-0.39, 0.29) is 17.7 Å². The molecule has 2 rings (SSSR count). The molecule has 0 fully saturated rings. The molecule has 0 saturated carbocycles. The smallest absolute Gasteiger partial charge is 0.408 e. The highest BCUT2D eigenvalue weighted by Crippen LogP contribution is 2.30. The zero-order chi connectivity index (χ0) is 28.6. The van der Waals surface area contributed by atoms with Crippen molar-refractivity contribution in [2.45, 2.75) is 78.6 Å². The third-order valence-electron chi connectivity index (χ3n) is 6.00. The van der Waals surface area contributed by atoms with Crippen molar-refractivity contribution in [3.8, 4) is 11.5 Å². The van der Waals surface area contributed by atoms with Gasteiger partial charge in [-0.2, -0.15) is 0 Å². The molecule has 2 aromatic rings. The van der Waals surface area contributed by atoms with Crippen LogP contribution in [0.15, 0.2) is 48.5 Å². The van der Waals surface area contributed by atoms with E-state index in [4.69, 9.17) is 9.47 Å². The van der Waals surface area contributed by atoms with Gasteiger partial charge >= 0.3 is 6.09 Å². The number of amides is 3. The highest BCUT2D eigenvalue weighted by atomic mass is 16.6. The number of nitrogens with zero attached hydrogens (tertiary/aromatic N) is 1. The zero-order valence-electron chi connectivity index (χ0n) is 23.6. The quantitative estimate of drug-likeness (QED) is 0.388. The van der Waals surface area contributed by atoms with E-state index in [2.05, 4.69) is 10.6 Å². The normalized spacial score (nSPS) is 13.7. The topological polar surface area (TPSA) is 117 Å². The standard InChI is InChI=1S/C29H41N3O6/c1-9-19(4)32(27(35)24(18(2)3)31-28(36)38-29(5,6)7)25(20-11-10-12-22(33)17-20)26(34)30-21-13-15-23(37-8)16-14-21/h10-19,24-25,33H,9H2,1-8H3,(H,30,34)(H,31,36). The number of alkyl carbamates (subject to hydrolysis) is 1. The van der Waals surface area contributed by atoms with Crippen molar-refractivity contribution in [1.82, 2.24) is 10.2 Å². The van der Waals surface area contributed by atoms with Crippen LogP contribution in [0.4, 0.5) is 10.5 Å². The summed E-state index contributed by atoms with van der Waals surface area (Å²) in [6.07, 6.45) is -0.168. The molecule has 0 radical (unpaired) electrons. The van der Waals surface area contributed by atoms with Gasteiger partial charge in [-0.05, 0) is 82.0 Å². The Bertz CT molecular complexity index is 1090. The van der Waals surface area contributed by atoms with Crippen LogP contribution < -0.4 is 15.4 Å². The predicted octanol–water partition coefficient (Wildman–Crippen LogP) is 5.26. The summed E-state index contributed by atoms with van der Waals surface area (Å²) < 4.78 is 10.6. The average molecular weight is 528 g/mol. The van der Waals surface area contributed by atoms with Gasteiger partial charge in [-0.15, -0.1) is 0 Å². The van der Waals surface area contributed by atoms with E-state index in [0.717, 1.165) is 0 Å². The Balaban J connectivity index is 2.53. The predicted molar refractivity (Wildman–Crippen MR) is 147 cm³/mol. The molecule has 0 bridgehead atoms. The van der Waals surface area contributed by atoms with E-state index in [0.29, 0.717) is 23.4 Å². The van der Waals surface area contributed by atoms with Crippen LogP contribution >= 0.6 is 0 Å². The van der Waals surface area contributed by atoms with Gasteiger partial charge in [-0.1, -0.05) is 32.9 Å². The fourth-order valence-corrected chi connectivity index (χ4v) is 3.92. The monoisotopic (exact) mass is 527 g/mol. The maximum absolute atomic E-state index is 14.1. The summed E-state index contributed by atoms with van der Waals surface area (Å²) in [6.45, 7) is 12.6. The number of ether oxygens (including phenoxy) is 2. The van der Waals surface area contributed by atoms with Crippen LogP contribution in [-0.4, -0.2) is 52.7 Å². The Hall–Kier alpha value is -3.75. The Morgan fingerprint density at radius 2 is 1.66 bits per heavy atom. The molecule has 2 aromatic carbocycles. The molecule has 0 aliphatic carbocycles. The van der Waals surface area contributed by atoms with Gasteiger partial charge in [0.2, 0.25) is 5.91 Å². The number of methoxy groups -OCH3 is 1. The second-order valence-corrected chi connectivity index (χ2v) is 10.6. The van der Waals surface area contributed by atoms with Gasteiger partial charge in [0.05, 0.1) is 7.11 Å². The molecule has 3 atom stereocenters. The number of anilines is 1.